The van der Waals surface area contributed by atoms with Crippen LogP contribution in [0.4, 0.5) is 0 Å². The molecule has 6 rings (SSSR count). The number of hydrogen-bond donors (Lipinski definition) is 1. The van der Waals surface area contributed by atoms with Crippen molar-refractivity contribution in [3.05, 3.63) is 172 Å². The SMILES string of the molecule is C=C/C(=C\C)C(OCc1ccc2c(c1)OCc1cc(COCc3cccc(CO)c3)ccc1-2)(c1ccc(OC)cc1)c1ccc(OC)cc1. The Labute approximate surface area is 288 Å². The molecule has 0 amide bonds. The predicted octanol–water partition coefficient (Wildman–Crippen LogP) is 9.07. The Morgan fingerprint density at radius 2 is 1.33 bits per heavy atom. The van der Waals surface area contributed by atoms with Gasteiger partial charge in [0.1, 0.15) is 29.5 Å². The van der Waals surface area contributed by atoms with Crippen molar-refractivity contribution in [1.29, 1.82) is 0 Å². The summed E-state index contributed by atoms with van der Waals surface area (Å²) in [6, 6.07) is 36.5. The molecule has 0 radical (unpaired) electrons. The van der Waals surface area contributed by atoms with Crippen molar-refractivity contribution in [3.8, 4) is 28.4 Å². The molecule has 1 heterocycles. The summed E-state index contributed by atoms with van der Waals surface area (Å²) < 4.78 is 30.3. The molecule has 5 aromatic carbocycles. The fourth-order valence-corrected chi connectivity index (χ4v) is 6.44. The highest BCUT2D eigenvalue weighted by atomic mass is 16.5. The zero-order chi connectivity index (χ0) is 34.2. The van der Waals surface area contributed by atoms with Gasteiger partial charge in [0, 0.05) is 5.56 Å². The normalized spacial score (nSPS) is 12.4. The number of allylic oxidation sites excluding steroid dienone is 1. The molecule has 5 aromatic rings. The van der Waals surface area contributed by atoms with Crippen molar-refractivity contribution in [2.24, 2.45) is 0 Å². The third-order valence-electron chi connectivity index (χ3n) is 8.99. The van der Waals surface area contributed by atoms with E-state index in [1.54, 1.807) is 14.2 Å². The highest BCUT2D eigenvalue weighted by Crippen LogP contribution is 2.44. The monoisotopic (exact) mass is 654 g/mol. The fourth-order valence-electron chi connectivity index (χ4n) is 6.44. The quantitative estimate of drug-likeness (QED) is 0.121. The third-order valence-corrected chi connectivity index (χ3v) is 8.99. The Bertz CT molecular complexity index is 1880. The fraction of sp³-hybridized carbons (Fsp3) is 0.209. The number of aliphatic hydroxyl groups is 1. The molecule has 0 spiro atoms. The van der Waals surface area contributed by atoms with Crippen LogP contribution in [0.25, 0.3) is 11.1 Å². The third kappa shape index (κ3) is 7.18. The van der Waals surface area contributed by atoms with Gasteiger partial charge in [0.25, 0.3) is 0 Å². The summed E-state index contributed by atoms with van der Waals surface area (Å²) in [5, 5.41) is 9.41. The second kappa shape index (κ2) is 15.4. The van der Waals surface area contributed by atoms with Gasteiger partial charge in [0.2, 0.25) is 0 Å². The topological polar surface area (TPSA) is 66.4 Å². The first-order chi connectivity index (χ1) is 24.0. The lowest BCUT2D eigenvalue weighted by atomic mass is 9.79. The highest BCUT2D eigenvalue weighted by molar-refractivity contribution is 5.75. The lowest BCUT2D eigenvalue weighted by Gasteiger charge is -2.37. The number of methoxy groups -OCH3 is 2. The van der Waals surface area contributed by atoms with Crippen molar-refractivity contribution in [1.82, 2.24) is 0 Å². The first kappa shape index (κ1) is 33.7. The van der Waals surface area contributed by atoms with Crippen LogP contribution in [0.5, 0.6) is 17.2 Å². The molecule has 0 atom stereocenters. The van der Waals surface area contributed by atoms with Crippen LogP contribution in [0, 0.1) is 0 Å². The van der Waals surface area contributed by atoms with Crippen LogP contribution < -0.4 is 14.2 Å². The zero-order valence-electron chi connectivity index (χ0n) is 28.3. The van der Waals surface area contributed by atoms with Crippen molar-refractivity contribution >= 4 is 0 Å². The average molecular weight is 655 g/mol. The molecule has 6 heteroatoms. The maximum Gasteiger partial charge on any atom is 0.143 e. The van der Waals surface area contributed by atoms with Gasteiger partial charge in [0.15, 0.2) is 0 Å². The molecule has 0 bridgehead atoms. The van der Waals surface area contributed by atoms with E-state index < -0.39 is 5.60 Å². The maximum atomic E-state index is 9.41. The van der Waals surface area contributed by atoms with Crippen LogP contribution in [-0.2, 0) is 48.1 Å². The van der Waals surface area contributed by atoms with E-state index in [2.05, 4.69) is 43.0 Å². The smallest absolute Gasteiger partial charge is 0.143 e. The second-order valence-electron chi connectivity index (χ2n) is 12.0. The number of fused-ring (bicyclic) bond motifs is 3. The number of ether oxygens (including phenoxy) is 5. The first-order valence-electron chi connectivity index (χ1n) is 16.4. The first-order valence-corrected chi connectivity index (χ1v) is 16.4. The zero-order valence-corrected chi connectivity index (χ0v) is 28.3. The van der Waals surface area contributed by atoms with Gasteiger partial charge in [-0.15, -0.1) is 0 Å². The van der Waals surface area contributed by atoms with E-state index in [0.717, 1.165) is 72.9 Å². The minimum absolute atomic E-state index is 0.0231. The molecule has 0 saturated carbocycles. The average Bonchev–Trinajstić information content (AvgIpc) is 3.16. The number of benzene rings is 5. The van der Waals surface area contributed by atoms with E-state index in [4.69, 9.17) is 23.7 Å². The molecule has 6 nitrogen and oxygen atoms in total. The van der Waals surface area contributed by atoms with Crippen LogP contribution in [0.3, 0.4) is 0 Å². The van der Waals surface area contributed by atoms with E-state index in [1.807, 2.05) is 91.9 Å². The number of aliphatic hydroxyl groups excluding tert-OH is 1. The van der Waals surface area contributed by atoms with E-state index in [1.165, 1.54) is 0 Å². The largest absolute Gasteiger partial charge is 0.497 e. The minimum atomic E-state index is -0.946. The summed E-state index contributed by atoms with van der Waals surface area (Å²) in [5.74, 6) is 2.37. The second-order valence-corrected chi connectivity index (χ2v) is 12.0. The Morgan fingerprint density at radius 3 is 1.92 bits per heavy atom. The predicted molar refractivity (Wildman–Crippen MR) is 193 cm³/mol. The van der Waals surface area contributed by atoms with Crippen molar-refractivity contribution in [3.63, 3.8) is 0 Å². The summed E-state index contributed by atoms with van der Waals surface area (Å²) in [4.78, 5) is 0. The van der Waals surface area contributed by atoms with Crippen LogP contribution in [0.2, 0.25) is 0 Å². The van der Waals surface area contributed by atoms with Crippen molar-refractivity contribution in [2.75, 3.05) is 14.2 Å². The Morgan fingerprint density at radius 1 is 0.735 bits per heavy atom. The van der Waals surface area contributed by atoms with E-state index in [0.29, 0.717) is 26.4 Å². The van der Waals surface area contributed by atoms with Gasteiger partial charge >= 0.3 is 0 Å². The molecule has 250 valence electrons. The van der Waals surface area contributed by atoms with Crippen LogP contribution in [-0.4, -0.2) is 19.3 Å². The molecule has 0 fully saturated rings. The molecular formula is C43H42O6. The van der Waals surface area contributed by atoms with Crippen molar-refractivity contribution < 1.29 is 28.8 Å². The molecule has 1 N–H and O–H groups in total. The lowest BCUT2D eigenvalue weighted by Crippen LogP contribution is -2.33. The van der Waals surface area contributed by atoms with Crippen LogP contribution >= 0.6 is 0 Å². The Balaban J connectivity index is 1.24. The van der Waals surface area contributed by atoms with E-state index in [9.17, 15) is 5.11 Å². The van der Waals surface area contributed by atoms with Gasteiger partial charge in [0.05, 0.1) is 40.6 Å². The van der Waals surface area contributed by atoms with E-state index in [-0.39, 0.29) is 6.61 Å². The van der Waals surface area contributed by atoms with Crippen LogP contribution in [0.15, 0.2) is 133 Å². The van der Waals surface area contributed by atoms with Gasteiger partial charge in [-0.25, -0.2) is 0 Å². The highest BCUT2D eigenvalue weighted by Gasteiger charge is 2.38. The molecule has 1 aliphatic rings. The molecule has 0 aromatic heterocycles. The van der Waals surface area contributed by atoms with Gasteiger partial charge in [-0.05, 0) is 93.4 Å². The molecule has 49 heavy (non-hydrogen) atoms. The number of rotatable bonds is 14. The summed E-state index contributed by atoms with van der Waals surface area (Å²) in [7, 11) is 3.32. The van der Waals surface area contributed by atoms with Gasteiger partial charge in [-0.2, -0.15) is 0 Å². The molecule has 0 aliphatic carbocycles. The van der Waals surface area contributed by atoms with Crippen molar-refractivity contribution in [2.45, 2.75) is 45.6 Å². The summed E-state index contributed by atoms with van der Waals surface area (Å²) in [5.41, 5.74) is 9.21. The van der Waals surface area contributed by atoms with Gasteiger partial charge < -0.3 is 28.8 Å². The molecule has 0 unspecified atom stereocenters. The summed E-state index contributed by atoms with van der Waals surface area (Å²) >= 11 is 0. The molecule has 0 saturated heterocycles. The molecular weight excluding hydrogens is 612 g/mol. The summed E-state index contributed by atoms with van der Waals surface area (Å²) in [6.07, 6.45) is 3.90. The number of hydrogen-bond acceptors (Lipinski definition) is 6. The minimum Gasteiger partial charge on any atom is -0.497 e. The van der Waals surface area contributed by atoms with E-state index >= 15 is 0 Å². The Kier molecular flexibility index (Phi) is 10.6. The van der Waals surface area contributed by atoms with Gasteiger partial charge in [-0.3, -0.25) is 0 Å². The maximum absolute atomic E-state index is 9.41. The van der Waals surface area contributed by atoms with Crippen LogP contribution in [0.1, 0.15) is 45.9 Å². The standard InChI is InChI=1S/C43H42O6/c1-5-35(6-2)43(36-12-16-38(45-3)17-13-36,37-14-18-39(46-4)19-15-37)49-28-33-11-21-41-40-20-10-32(23-34(40)29-48-42(41)24-33)27-47-26-31-9-7-8-30(22-31)25-44/h5-24,44H,1,25-29H2,2-4H3/b35-6+. The summed E-state index contributed by atoms with van der Waals surface area (Å²) in [6.45, 7) is 7.95. The molecule has 1 aliphatic heterocycles. The lowest BCUT2D eigenvalue weighted by molar-refractivity contribution is -0.000505. The Hall–Kier alpha value is -5.14. The van der Waals surface area contributed by atoms with Gasteiger partial charge in [-0.1, -0.05) is 91.5 Å².